The third-order valence-corrected chi connectivity index (χ3v) is 4.70. The zero-order chi connectivity index (χ0) is 15.6. The Labute approximate surface area is 131 Å². The third kappa shape index (κ3) is 7.09. The average Bonchev–Trinajstić information content (AvgIpc) is 2.45. The van der Waals surface area contributed by atoms with E-state index in [1.165, 1.54) is 32.1 Å². The molecule has 126 valence electrons. The van der Waals surface area contributed by atoms with Gasteiger partial charge in [-0.15, -0.1) is 0 Å². The fourth-order valence-corrected chi connectivity index (χ4v) is 3.77. The predicted octanol–water partition coefficient (Wildman–Crippen LogP) is 2.12. The van der Waals surface area contributed by atoms with Gasteiger partial charge in [-0.3, -0.25) is 4.90 Å². The van der Waals surface area contributed by atoms with Gasteiger partial charge in [-0.05, 0) is 37.1 Å². The van der Waals surface area contributed by atoms with E-state index in [0.29, 0.717) is 5.41 Å². The summed E-state index contributed by atoms with van der Waals surface area (Å²) in [7, 11) is 1.75. The van der Waals surface area contributed by atoms with Gasteiger partial charge in [-0.2, -0.15) is 0 Å². The van der Waals surface area contributed by atoms with Crippen LogP contribution in [-0.4, -0.2) is 63.1 Å². The van der Waals surface area contributed by atoms with Crippen molar-refractivity contribution in [1.82, 2.24) is 10.2 Å². The number of nitrogens with one attached hydrogen (secondary N) is 1. The average molecular weight is 300 g/mol. The molecule has 2 atom stereocenters. The Hall–Kier alpha value is -0.160. The molecule has 21 heavy (non-hydrogen) atoms. The van der Waals surface area contributed by atoms with E-state index in [1.807, 2.05) is 0 Å². The molecule has 1 fully saturated rings. The molecule has 2 unspecified atom stereocenters. The van der Waals surface area contributed by atoms with Gasteiger partial charge in [-0.1, -0.05) is 26.7 Å². The van der Waals surface area contributed by atoms with Gasteiger partial charge in [0.2, 0.25) is 0 Å². The fourth-order valence-electron chi connectivity index (χ4n) is 3.77. The van der Waals surface area contributed by atoms with Crippen molar-refractivity contribution in [3.05, 3.63) is 0 Å². The Morgan fingerprint density at radius 2 is 2.19 bits per heavy atom. The summed E-state index contributed by atoms with van der Waals surface area (Å²) in [6.07, 6.45) is 6.51. The molecule has 0 bridgehead atoms. The number of hydrogen-bond acceptors (Lipinski definition) is 4. The molecular formula is C17H36N2O2. The molecule has 0 saturated heterocycles. The van der Waals surface area contributed by atoms with Crippen LogP contribution in [0.3, 0.4) is 0 Å². The molecule has 1 saturated carbocycles. The van der Waals surface area contributed by atoms with Crippen LogP contribution in [-0.2, 0) is 4.74 Å². The molecular weight excluding hydrogens is 264 g/mol. The lowest BCUT2D eigenvalue weighted by Gasteiger charge is -2.43. The molecule has 0 aromatic heterocycles. The molecule has 1 aliphatic rings. The van der Waals surface area contributed by atoms with Crippen LogP contribution in [0.4, 0.5) is 0 Å². The van der Waals surface area contributed by atoms with Crippen LogP contribution in [0.15, 0.2) is 0 Å². The maximum absolute atomic E-state index is 9.32. The minimum Gasteiger partial charge on any atom is -0.395 e. The number of hydrogen-bond donors (Lipinski definition) is 2. The van der Waals surface area contributed by atoms with Crippen molar-refractivity contribution < 1.29 is 9.84 Å². The Bertz CT molecular complexity index is 263. The summed E-state index contributed by atoms with van der Waals surface area (Å²) in [6, 6.07) is 0. The molecule has 4 nitrogen and oxygen atoms in total. The number of aliphatic hydroxyl groups excluding tert-OH is 1. The molecule has 0 aliphatic heterocycles. The van der Waals surface area contributed by atoms with Crippen LogP contribution in [0.1, 0.15) is 46.0 Å². The predicted molar refractivity (Wildman–Crippen MR) is 88.6 cm³/mol. The lowest BCUT2D eigenvalue weighted by atomic mass is 9.69. The highest BCUT2D eigenvalue weighted by Gasteiger charge is 2.36. The van der Waals surface area contributed by atoms with Crippen LogP contribution in [0, 0.1) is 11.3 Å². The van der Waals surface area contributed by atoms with Gasteiger partial charge >= 0.3 is 0 Å². The summed E-state index contributed by atoms with van der Waals surface area (Å²) in [5.74, 6) is 0.820. The third-order valence-electron chi connectivity index (χ3n) is 4.70. The van der Waals surface area contributed by atoms with Crippen molar-refractivity contribution in [1.29, 1.82) is 0 Å². The first-order valence-corrected chi connectivity index (χ1v) is 8.68. The smallest absolute Gasteiger partial charge is 0.0589 e. The zero-order valence-corrected chi connectivity index (χ0v) is 14.4. The number of aliphatic hydroxyl groups is 1. The number of nitrogens with zero attached hydrogens (tertiary/aromatic N) is 1. The van der Waals surface area contributed by atoms with Gasteiger partial charge in [0, 0.05) is 33.3 Å². The summed E-state index contributed by atoms with van der Waals surface area (Å²) in [5.41, 5.74) is 0.371. The van der Waals surface area contributed by atoms with Gasteiger partial charge < -0.3 is 15.2 Å². The van der Waals surface area contributed by atoms with Gasteiger partial charge in [0.1, 0.15) is 0 Å². The molecule has 0 amide bonds. The van der Waals surface area contributed by atoms with Gasteiger partial charge in [-0.25, -0.2) is 0 Å². The Balaban J connectivity index is 2.64. The van der Waals surface area contributed by atoms with E-state index < -0.39 is 0 Å². The molecule has 0 heterocycles. The zero-order valence-electron chi connectivity index (χ0n) is 14.4. The van der Waals surface area contributed by atoms with Crippen molar-refractivity contribution in [2.45, 2.75) is 46.0 Å². The van der Waals surface area contributed by atoms with E-state index in [-0.39, 0.29) is 6.61 Å². The maximum Gasteiger partial charge on any atom is 0.0589 e. The van der Waals surface area contributed by atoms with E-state index in [2.05, 4.69) is 24.1 Å². The highest BCUT2D eigenvalue weighted by atomic mass is 16.5. The number of ether oxygens (including phenoxy) is 1. The monoisotopic (exact) mass is 300 g/mol. The molecule has 4 heteroatoms. The van der Waals surface area contributed by atoms with E-state index >= 15 is 0 Å². The fraction of sp³-hybridized carbons (Fsp3) is 1.00. The highest BCUT2D eigenvalue weighted by molar-refractivity contribution is 4.90. The van der Waals surface area contributed by atoms with Crippen LogP contribution in [0.5, 0.6) is 0 Å². The SMILES string of the molecule is CCCNCC1(CN(CCO)CCOC)CCCC(C)C1. The van der Waals surface area contributed by atoms with E-state index in [9.17, 15) is 5.11 Å². The lowest BCUT2D eigenvalue weighted by Crippen LogP contribution is -2.48. The highest BCUT2D eigenvalue weighted by Crippen LogP contribution is 2.39. The van der Waals surface area contributed by atoms with Crippen molar-refractivity contribution >= 4 is 0 Å². The lowest BCUT2D eigenvalue weighted by molar-refractivity contribution is 0.0547. The number of rotatable bonds is 11. The molecule has 1 aliphatic carbocycles. The quantitative estimate of drug-likeness (QED) is 0.574. The topological polar surface area (TPSA) is 44.7 Å². The minimum atomic E-state index is 0.234. The van der Waals surface area contributed by atoms with Crippen molar-refractivity contribution in [2.24, 2.45) is 11.3 Å². The van der Waals surface area contributed by atoms with E-state index in [1.54, 1.807) is 7.11 Å². The van der Waals surface area contributed by atoms with Crippen LogP contribution in [0.2, 0.25) is 0 Å². The summed E-state index contributed by atoms with van der Waals surface area (Å²) in [4.78, 5) is 2.38. The molecule has 0 aromatic carbocycles. The Kier molecular flexibility index (Phi) is 9.49. The molecule has 1 rings (SSSR count). The standard InChI is InChI=1S/C17H36N2O2/c1-4-8-18-14-17(7-5-6-16(2)13-17)15-19(9-11-20)10-12-21-3/h16,18,20H,4-15H2,1-3H3. The largest absolute Gasteiger partial charge is 0.395 e. The van der Waals surface area contributed by atoms with Crippen molar-refractivity contribution in [2.75, 3.05) is 53.0 Å². The first kappa shape index (κ1) is 18.9. The van der Waals surface area contributed by atoms with Gasteiger partial charge in [0.05, 0.1) is 13.2 Å². The molecule has 0 aromatic rings. The molecule has 0 spiro atoms. The summed E-state index contributed by atoms with van der Waals surface area (Å²) in [6.45, 7) is 10.6. The Morgan fingerprint density at radius 1 is 1.38 bits per heavy atom. The summed E-state index contributed by atoms with van der Waals surface area (Å²) in [5, 5.41) is 13.0. The normalized spacial score (nSPS) is 26.4. The van der Waals surface area contributed by atoms with Crippen LogP contribution >= 0.6 is 0 Å². The summed E-state index contributed by atoms with van der Waals surface area (Å²) >= 11 is 0. The first-order chi connectivity index (χ1) is 10.2. The first-order valence-electron chi connectivity index (χ1n) is 8.68. The van der Waals surface area contributed by atoms with Crippen LogP contribution in [0.25, 0.3) is 0 Å². The van der Waals surface area contributed by atoms with Crippen molar-refractivity contribution in [3.8, 4) is 0 Å². The van der Waals surface area contributed by atoms with Gasteiger partial charge in [0.25, 0.3) is 0 Å². The Morgan fingerprint density at radius 3 is 2.81 bits per heavy atom. The molecule has 2 N–H and O–H groups in total. The van der Waals surface area contributed by atoms with Crippen molar-refractivity contribution in [3.63, 3.8) is 0 Å². The summed E-state index contributed by atoms with van der Waals surface area (Å²) < 4.78 is 5.22. The van der Waals surface area contributed by atoms with Crippen LogP contribution < -0.4 is 5.32 Å². The second kappa shape index (κ2) is 10.5. The second-order valence-electron chi connectivity index (χ2n) is 6.87. The number of methoxy groups -OCH3 is 1. The van der Waals surface area contributed by atoms with E-state index in [4.69, 9.17) is 4.74 Å². The van der Waals surface area contributed by atoms with Gasteiger partial charge in [0.15, 0.2) is 0 Å². The second-order valence-corrected chi connectivity index (χ2v) is 6.87. The van der Waals surface area contributed by atoms with E-state index in [0.717, 1.165) is 45.2 Å². The maximum atomic E-state index is 9.32. The molecule has 0 radical (unpaired) electrons. The minimum absolute atomic E-state index is 0.234.